The quantitative estimate of drug-likeness (QED) is 0.322. The van der Waals surface area contributed by atoms with Gasteiger partial charge in [-0.15, -0.1) is 0 Å². The van der Waals surface area contributed by atoms with Crippen LogP contribution in [-0.2, 0) is 14.8 Å². The molecule has 0 unspecified atom stereocenters. The Labute approximate surface area is 190 Å². The van der Waals surface area contributed by atoms with E-state index in [4.69, 9.17) is 27.9 Å². The Kier molecular flexibility index (Phi) is 7.23. The third-order valence-electron chi connectivity index (χ3n) is 4.83. The van der Waals surface area contributed by atoms with E-state index in [1.165, 1.54) is 18.2 Å². The van der Waals surface area contributed by atoms with Crippen molar-refractivity contribution in [1.82, 2.24) is 4.72 Å². The molecule has 1 N–H and O–H groups in total. The summed E-state index contributed by atoms with van der Waals surface area (Å²) in [5, 5.41) is 0.594. The first kappa shape index (κ1) is 24.6. The molecule has 13 heteroatoms. The summed E-state index contributed by atoms with van der Waals surface area (Å²) >= 11 is 11.7. The Bertz CT molecular complexity index is 1170. The van der Waals surface area contributed by atoms with Crippen LogP contribution in [0.25, 0.3) is 0 Å². The van der Waals surface area contributed by atoms with Crippen LogP contribution in [-0.4, -0.2) is 34.0 Å². The molecule has 1 aliphatic carbocycles. The van der Waals surface area contributed by atoms with Crippen LogP contribution in [0.2, 0.25) is 10.0 Å². The van der Waals surface area contributed by atoms with E-state index in [1.54, 1.807) is 0 Å². The van der Waals surface area contributed by atoms with Crippen molar-refractivity contribution in [2.24, 2.45) is 5.92 Å². The summed E-state index contributed by atoms with van der Waals surface area (Å²) in [6.07, 6.45) is 0.0672. The van der Waals surface area contributed by atoms with Gasteiger partial charge in [0.1, 0.15) is 12.4 Å². The van der Waals surface area contributed by atoms with E-state index >= 15 is 0 Å². The monoisotopic (exact) mass is 515 g/mol. The van der Waals surface area contributed by atoms with E-state index in [2.05, 4.69) is 4.74 Å². The molecule has 0 bridgehead atoms. The maximum atomic E-state index is 14.1. The standard InChI is InChI=1S/C19H15Cl2F4NO5S/c1-30-18-16(24)14(22)15(23)17(25)19(18)32(28,29)26-10-4-8(5-10)12(27)7-31-13-3-2-9(20)6-11(13)21/h2-3,6,8,10,26H,4-5,7H2,1H3/t8-,10+. The highest BCUT2D eigenvalue weighted by atomic mass is 35.5. The lowest BCUT2D eigenvalue weighted by atomic mass is 9.78. The Morgan fingerprint density at radius 3 is 2.31 bits per heavy atom. The van der Waals surface area contributed by atoms with Gasteiger partial charge < -0.3 is 9.47 Å². The maximum absolute atomic E-state index is 14.1. The Morgan fingerprint density at radius 1 is 1.09 bits per heavy atom. The number of carbonyl (C=O) groups is 1. The molecule has 0 heterocycles. The van der Waals surface area contributed by atoms with Crippen molar-refractivity contribution in [2.75, 3.05) is 13.7 Å². The number of hydrogen-bond donors (Lipinski definition) is 1. The molecule has 0 atom stereocenters. The summed E-state index contributed by atoms with van der Waals surface area (Å²) in [7, 11) is -4.06. The molecule has 2 aromatic rings. The van der Waals surface area contributed by atoms with Gasteiger partial charge in [-0.05, 0) is 31.0 Å². The third-order valence-corrected chi connectivity index (χ3v) is 6.91. The molecule has 174 valence electrons. The minimum atomic E-state index is -4.84. The average molecular weight is 516 g/mol. The second-order valence-corrected chi connectivity index (χ2v) is 9.43. The average Bonchev–Trinajstić information content (AvgIpc) is 2.70. The van der Waals surface area contributed by atoms with Crippen molar-refractivity contribution in [1.29, 1.82) is 0 Å². The van der Waals surface area contributed by atoms with Crippen molar-refractivity contribution < 1.29 is 40.2 Å². The van der Waals surface area contributed by atoms with E-state index < -0.39 is 55.9 Å². The number of methoxy groups -OCH3 is 1. The summed E-state index contributed by atoms with van der Waals surface area (Å²) in [6, 6.07) is 3.62. The van der Waals surface area contributed by atoms with Crippen LogP contribution in [0, 0.1) is 29.2 Å². The maximum Gasteiger partial charge on any atom is 0.247 e. The number of ether oxygens (including phenoxy) is 2. The van der Waals surface area contributed by atoms with Gasteiger partial charge in [-0.25, -0.2) is 26.3 Å². The first-order valence-electron chi connectivity index (χ1n) is 8.99. The first-order valence-corrected chi connectivity index (χ1v) is 11.2. The number of benzene rings is 2. The van der Waals surface area contributed by atoms with Gasteiger partial charge in [0.25, 0.3) is 0 Å². The number of nitrogens with one attached hydrogen (secondary N) is 1. The predicted octanol–water partition coefficient (Wildman–Crippen LogP) is 4.26. The molecular weight excluding hydrogens is 501 g/mol. The number of Topliss-reactive ketones (excluding diaryl/α,β-unsaturated/α-hetero) is 1. The molecule has 0 aromatic heterocycles. The number of ketones is 1. The van der Waals surface area contributed by atoms with Gasteiger partial charge in [-0.1, -0.05) is 23.2 Å². The fraction of sp³-hybridized carbons (Fsp3) is 0.316. The summed E-state index contributed by atoms with van der Waals surface area (Å²) in [5.74, 6) is -10.6. The second kappa shape index (κ2) is 9.42. The van der Waals surface area contributed by atoms with Gasteiger partial charge in [-0.2, -0.15) is 4.39 Å². The number of hydrogen-bond acceptors (Lipinski definition) is 5. The van der Waals surface area contributed by atoms with Gasteiger partial charge in [-0.3, -0.25) is 4.79 Å². The van der Waals surface area contributed by atoms with Crippen molar-refractivity contribution in [3.63, 3.8) is 0 Å². The number of sulfonamides is 1. The van der Waals surface area contributed by atoms with Crippen molar-refractivity contribution in [3.05, 3.63) is 51.5 Å². The summed E-state index contributed by atoms with van der Waals surface area (Å²) in [5.41, 5.74) is 0. The lowest BCUT2D eigenvalue weighted by molar-refractivity contribution is -0.127. The highest BCUT2D eigenvalue weighted by molar-refractivity contribution is 7.89. The van der Waals surface area contributed by atoms with E-state index in [0.29, 0.717) is 5.02 Å². The van der Waals surface area contributed by atoms with Crippen LogP contribution < -0.4 is 14.2 Å². The van der Waals surface area contributed by atoms with Crippen LogP contribution in [0.15, 0.2) is 23.1 Å². The molecule has 6 nitrogen and oxygen atoms in total. The fourth-order valence-corrected chi connectivity index (χ4v) is 5.08. The van der Waals surface area contributed by atoms with Crippen LogP contribution in [0.3, 0.4) is 0 Å². The van der Waals surface area contributed by atoms with Gasteiger partial charge in [0, 0.05) is 17.0 Å². The first-order chi connectivity index (χ1) is 15.0. The van der Waals surface area contributed by atoms with Crippen LogP contribution in [0.4, 0.5) is 17.6 Å². The lowest BCUT2D eigenvalue weighted by Gasteiger charge is -2.34. The van der Waals surface area contributed by atoms with Gasteiger partial charge in [0.15, 0.2) is 28.1 Å². The number of rotatable bonds is 8. The van der Waals surface area contributed by atoms with E-state index in [1.807, 2.05) is 4.72 Å². The molecule has 1 aliphatic rings. The molecule has 0 radical (unpaired) electrons. The predicted molar refractivity (Wildman–Crippen MR) is 107 cm³/mol. The van der Waals surface area contributed by atoms with E-state index in [0.717, 1.165) is 7.11 Å². The van der Waals surface area contributed by atoms with E-state index in [-0.39, 0.29) is 36.0 Å². The van der Waals surface area contributed by atoms with Crippen LogP contribution in [0.5, 0.6) is 11.5 Å². The largest absolute Gasteiger partial charge is 0.492 e. The lowest BCUT2D eigenvalue weighted by Crippen LogP contribution is -2.47. The fourth-order valence-electron chi connectivity index (χ4n) is 3.13. The van der Waals surface area contributed by atoms with Crippen LogP contribution in [0.1, 0.15) is 12.8 Å². The Morgan fingerprint density at radius 2 is 1.72 bits per heavy atom. The zero-order valence-electron chi connectivity index (χ0n) is 16.2. The van der Waals surface area contributed by atoms with Crippen molar-refractivity contribution in [3.8, 4) is 11.5 Å². The van der Waals surface area contributed by atoms with Gasteiger partial charge in [0.05, 0.1) is 12.1 Å². The summed E-state index contributed by atoms with van der Waals surface area (Å²) in [4.78, 5) is 10.8. The summed E-state index contributed by atoms with van der Waals surface area (Å²) in [6.45, 7) is -0.331. The zero-order valence-corrected chi connectivity index (χ0v) is 18.6. The minimum absolute atomic E-state index is 0.0336. The van der Waals surface area contributed by atoms with Gasteiger partial charge in [0.2, 0.25) is 21.7 Å². The molecule has 0 spiro atoms. The molecule has 2 aromatic carbocycles. The molecule has 32 heavy (non-hydrogen) atoms. The molecule has 1 fully saturated rings. The number of carbonyl (C=O) groups excluding carboxylic acids is 1. The topological polar surface area (TPSA) is 81.7 Å². The second-order valence-electron chi connectivity index (χ2n) is 6.93. The third kappa shape index (κ3) is 4.80. The highest BCUT2D eigenvalue weighted by Gasteiger charge is 2.40. The molecule has 0 aliphatic heterocycles. The summed E-state index contributed by atoms with van der Waals surface area (Å²) < 4.78 is 91.7. The zero-order chi connectivity index (χ0) is 23.8. The normalized spacial score (nSPS) is 18.2. The highest BCUT2D eigenvalue weighted by Crippen LogP contribution is 2.36. The molecule has 1 saturated carbocycles. The molecular formula is C19H15Cl2F4NO5S. The molecule has 0 amide bonds. The van der Waals surface area contributed by atoms with Crippen molar-refractivity contribution in [2.45, 2.75) is 23.8 Å². The van der Waals surface area contributed by atoms with Crippen LogP contribution >= 0.6 is 23.2 Å². The van der Waals surface area contributed by atoms with Gasteiger partial charge >= 0.3 is 0 Å². The smallest absolute Gasteiger partial charge is 0.247 e. The number of halogens is 6. The minimum Gasteiger partial charge on any atom is -0.492 e. The SMILES string of the molecule is COc1c(F)c(F)c(F)c(F)c1S(=O)(=O)N[C@H]1C[C@@H](C(=O)COc2ccc(Cl)cc2Cl)C1. The molecule has 3 rings (SSSR count). The Balaban J connectivity index is 1.64. The van der Waals surface area contributed by atoms with E-state index in [9.17, 15) is 30.8 Å². The Hall–Kier alpha value is -2.08. The van der Waals surface area contributed by atoms with Crippen molar-refractivity contribution >= 4 is 39.0 Å². The molecule has 0 saturated heterocycles.